The summed E-state index contributed by atoms with van der Waals surface area (Å²) in [6.45, 7) is 3.98. The Kier molecular flexibility index (Phi) is 5.60. The molecule has 2 aromatic rings. The summed E-state index contributed by atoms with van der Waals surface area (Å²) in [5.41, 5.74) is 3.78. The summed E-state index contributed by atoms with van der Waals surface area (Å²) in [5, 5.41) is 5.79. The largest absolute Gasteiger partial charge is 0.332 e. The van der Waals surface area contributed by atoms with Gasteiger partial charge < -0.3 is 5.32 Å². The van der Waals surface area contributed by atoms with Crippen molar-refractivity contribution in [3.63, 3.8) is 0 Å². The molecule has 0 atom stereocenters. The molecule has 0 spiro atoms. The standard InChI is InChI=1S/C18H17FN2OS/c1-12-3-9-16(13(2)11-12)20-18(23)21-17(22)10-6-14-4-7-15(19)8-5-14/h3-11H,1-2H3,(H2,20,21,22,23). The molecular formula is C18H17FN2OS. The van der Waals surface area contributed by atoms with Gasteiger partial charge in [-0.3, -0.25) is 10.1 Å². The monoisotopic (exact) mass is 328 g/mol. The van der Waals surface area contributed by atoms with Gasteiger partial charge in [-0.2, -0.15) is 0 Å². The van der Waals surface area contributed by atoms with Crippen LogP contribution in [-0.4, -0.2) is 11.0 Å². The van der Waals surface area contributed by atoms with Crippen molar-refractivity contribution in [2.75, 3.05) is 5.32 Å². The van der Waals surface area contributed by atoms with Crippen molar-refractivity contribution in [1.29, 1.82) is 0 Å². The SMILES string of the molecule is Cc1ccc(NC(=S)NC(=O)C=Cc2ccc(F)cc2)c(C)c1. The van der Waals surface area contributed by atoms with Gasteiger partial charge >= 0.3 is 0 Å². The lowest BCUT2D eigenvalue weighted by atomic mass is 10.1. The molecule has 0 unspecified atom stereocenters. The van der Waals surface area contributed by atoms with Crippen LogP contribution >= 0.6 is 12.2 Å². The van der Waals surface area contributed by atoms with E-state index < -0.39 is 0 Å². The third kappa shape index (κ3) is 5.30. The maximum absolute atomic E-state index is 12.8. The first-order valence-electron chi connectivity index (χ1n) is 7.07. The van der Waals surface area contributed by atoms with Crippen LogP contribution in [-0.2, 0) is 4.79 Å². The van der Waals surface area contributed by atoms with E-state index in [4.69, 9.17) is 12.2 Å². The fourth-order valence-corrected chi connectivity index (χ4v) is 2.22. The Hall–Kier alpha value is -2.53. The smallest absolute Gasteiger partial charge is 0.250 e. The second kappa shape index (κ2) is 7.65. The molecule has 0 radical (unpaired) electrons. The first-order valence-corrected chi connectivity index (χ1v) is 7.48. The topological polar surface area (TPSA) is 41.1 Å². The lowest BCUT2D eigenvalue weighted by Crippen LogP contribution is -2.33. The van der Waals surface area contributed by atoms with Crippen molar-refractivity contribution in [3.8, 4) is 0 Å². The Morgan fingerprint density at radius 1 is 1.13 bits per heavy atom. The highest BCUT2D eigenvalue weighted by Crippen LogP contribution is 2.15. The van der Waals surface area contributed by atoms with Crippen molar-refractivity contribution in [2.45, 2.75) is 13.8 Å². The van der Waals surface area contributed by atoms with Crippen LogP contribution in [0, 0.1) is 19.7 Å². The van der Waals surface area contributed by atoms with Gasteiger partial charge in [0.1, 0.15) is 5.82 Å². The van der Waals surface area contributed by atoms with Gasteiger partial charge in [0.25, 0.3) is 0 Å². The molecule has 5 heteroatoms. The molecule has 1 amide bonds. The van der Waals surface area contributed by atoms with Gasteiger partial charge in [-0.15, -0.1) is 0 Å². The minimum Gasteiger partial charge on any atom is -0.332 e. The Balaban J connectivity index is 1.91. The van der Waals surface area contributed by atoms with Gasteiger partial charge in [-0.05, 0) is 61.5 Å². The zero-order valence-electron chi connectivity index (χ0n) is 12.9. The number of aryl methyl sites for hydroxylation is 2. The van der Waals surface area contributed by atoms with Crippen LogP contribution in [0.1, 0.15) is 16.7 Å². The van der Waals surface area contributed by atoms with Gasteiger partial charge in [0.15, 0.2) is 5.11 Å². The molecule has 0 aliphatic rings. The van der Waals surface area contributed by atoms with Crippen LogP contribution in [0.3, 0.4) is 0 Å². The molecule has 118 valence electrons. The molecule has 23 heavy (non-hydrogen) atoms. The molecule has 2 rings (SSSR count). The van der Waals surface area contributed by atoms with E-state index in [2.05, 4.69) is 10.6 Å². The zero-order valence-corrected chi connectivity index (χ0v) is 13.7. The fourth-order valence-electron chi connectivity index (χ4n) is 2.01. The number of carbonyl (C=O) groups is 1. The number of nitrogens with one attached hydrogen (secondary N) is 2. The number of hydrogen-bond donors (Lipinski definition) is 2. The van der Waals surface area contributed by atoms with Crippen molar-refractivity contribution in [1.82, 2.24) is 5.32 Å². The van der Waals surface area contributed by atoms with Crippen LogP contribution < -0.4 is 10.6 Å². The van der Waals surface area contributed by atoms with E-state index in [-0.39, 0.29) is 16.8 Å². The van der Waals surface area contributed by atoms with Gasteiger partial charge in [0, 0.05) is 11.8 Å². The summed E-state index contributed by atoms with van der Waals surface area (Å²) < 4.78 is 12.8. The number of carbonyl (C=O) groups excluding carboxylic acids is 1. The highest BCUT2D eigenvalue weighted by Gasteiger charge is 2.04. The van der Waals surface area contributed by atoms with E-state index in [1.807, 2.05) is 32.0 Å². The van der Waals surface area contributed by atoms with Gasteiger partial charge in [0.2, 0.25) is 5.91 Å². The van der Waals surface area contributed by atoms with Crippen LogP contribution in [0.25, 0.3) is 6.08 Å². The van der Waals surface area contributed by atoms with E-state index in [0.29, 0.717) is 0 Å². The zero-order chi connectivity index (χ0) is 16.8. The molecule has 0 heterocycles. The van der Waals surface area contributed by atoms with Crippen molar-refractivity contribution >= 4 is 35.0 Å². The van der Waals surface area contributed by atoms with Crippen molar-refractivity contribution in [2.24, 2.45) is 0 Å². The Morgan fingerprint density at radius 2 is 1.83 bits per heavy atom. The molecule has 0 saturated heterocycles. The molecule has 3 nitrogen and oxygen atoms in total. The van der Waals surface area contributed by atoms with Crippen LogP contribution in [0.4, 0.5) is 10.1 Å². The Bertz CT molecular complexity index is 754. The summed E-state index contributed by atoms with van der Waals surface area (Å²) in [7, 11) is 0. The average molecular weight is 328 g/mol. The van der Waals surface area contributed by atoms with Crippen molar-refractivity contribution < 1.29 is 9.18 Å². The number of thiocarbonyl (C=S) groups is 1. The molecular weight excluding hydrogens is 311 g/mol. The van der Waals surface area contributed by atoms with E-state index in [1.165, 1.54) is 18.2 Å². The summed E-state index contributed by atoms with van der Waals surface area (Å²) >= 11 is 5.13. The van der Waals surface area contributed by atoms with Gasteiger partial charge in [0.05, 0.1) is 0 Å². The molecule has 0 saturated carbocycles. The lowest BCUT2D eigenvalue weighted by Gasteiger charge is -2.11. The molecule has 0 bridgehead atoms. The minimum atomic E-state index is -0.350. The summed E-state index contributed by atoms with van der Waals surface area (Å²) in [6, 6.07) is 11.8. The van der Waals surface area contributed by atoms with E-state index in [1.54, 1.807) is 18.2 Å². The molecule has 0 aliphatic carbocycles. The highest BCUT2D eigenvalue weighted by atomic mass is 32.1. The summed E-state index contributed by atoms with van der Waals surface area (Å²) in [6.07, 6.45) is 2.94. The maximum atomic E-state index is 12.8. The summed E-state index contributed by atoms with van der Waals surface area (Å²) in [4.78, 5) is 11.8. The quantitative estimate of drug-likeness (QED) is 0.662. The third-order valence-corrected chi connectivity index (χ3v) is 3.37. The first-order chi connectivity index (χ1) is 10.9. The second-order valence-electron chi connectivity index (χ2n) is 5.15. The molecule has 0 aromatic heterocycles. The molecule has 2 aromatic carbocycles. The Morgan fingerprint density at radius 3 is 2.48 bits per heavy atom. The average Bonchev–Trinajstić information content (AvgIpc) is 2.49. The number of rotatable bonds is 3. The molecule has 0 fully saturated rings. The van der Waals surface area contributed by atoms with E-state index >= 15 is 0 Å². The van der Waals surface area contributed by atoms with Gasteiger partial charge in [-0.1, -0.05) is 29.8 Å². The highest BCUT2D eigenvalue weighted by molar-refractivity contribution is 7.80. The van der Waals surface area contributed by atoms with Crippen LogP contribution in [0.2, 0.25) is 0 Å². The van der Waals surface area contributed by atoms with Crippen LogP contribution in [0.5, 0.6) is 0 Å². The first kappa shape index (κ1) is 16.8. The van der Waals surface area contributed by atoms with E-state index in [9.17, 15) is 9.18 Å². The number of halogens is 1. The lowest BCUT2D eigenvalue weighted by molar-refractivity contribution is -0.115. The van der Waals surface area contributed by atoms with Crippen molar-refractivity contribution in [3.05, 3.63) is 71.0 Å². The van der Waals surface area contributed by atoms with Crippen LogP contribution in [0.15, 0.2) is 48.5 Å². The predicted octanol–water partition coefficient (Wildman–Crippen LogP) is 3.97. The number of amides is 1. The second-order valence-corrected chi connectivity index (χ2v) is 5.55. The fraction of sp³-hybridized carbons (Fsp3) is 0.111. The Labute approximate surface area is 140 Å². The minimum absolute atomic E-state index is 0.228. The maximum Gasteiger partial charge on any atom is 0.250 e. The number of benzene rings is 2. The normalized spacial score (nSPS) is 10.6. The third-order valence-electron chi connectivity index (χ3n) is 3.16. The molecule has 0 aliphatic heterocycles. The molecule has 2 N–H and O–H groups in total. The summed E-state index contributed by atoms with van der Waals surface area (Å²) in [5.74, 6) is -0.665. The van der Waals surface area contributed by atoms with Gasteiger partial charge in [-0.25, -0.2) is 4.39 Å². The number of hydrogen-bond acceptors (Lipinski definition) is 2. The number of anilines is 1. The predicted molar refractivity (Wildman–Crippen MR) is 95.7 cm³/mol. The van der Waals surface area contributed by atoms with E-state index in [0.717, 1.165) is 22.4 Å².